The first-order valence-corrected chi connectivity index (χ1v) is 9.55. The lowest BCUT2D eigenvalue weighted by Crippen LogP contribution is -2.41. The largest absolute Gasteiger partial charge is 0.442 e. The van der Waals surface area contributed by atoms with Gasteiger partial charge < -0.3 is 13.9 Å². The highest BCUT2D eigenvalue weighted by Crippen LogP contribution is 2.40. The summed E-state index contributed by atoms with van der Waals surface area (Å²) in [5.74, 6) is 1.41. The van der Waals surface area contributed by atoms with Crippen LogP contribution in [-0.4, -0.2) is 37.1 Å². The highest BCUT2D eigenvalue weighted by atomic mass is 35.5. The van der Waals surface area contributed by atoms with E-state index in [1.54, 1.807) is 11.2 Å². The standard InChI is InChI=1S/C19H17ClFN5O2/c1-10-16-23-24-17(18-22-15(9-28-18)11-2-3-11)26(16)7-6-25(10)19(27)12-4-5-14(21)13(20)8-12/h4-5,8-11H,2-3,6-7H2,1H3/t10-/m1/s1. The maximum absolute atomic E-state index is 13.4. The second-order valence-electron chi connectivity index (χ2n) is 7.19. The number of hydrogen-bond acceptors (Lipinski definition) is 5. The van der Waals surface area contributed by atoms with Crippen LogP contribution in [0.4, 0.5) is 4.39 Å². The van der Waals surface area contributed by atoms with E-state index in [9.17, 15) is 9.18 Å². The Morgan fingerprint density at radius 2 is 2.11 bits per heavy atom. The second-order valence-corrected chi connectivity index (χ2v) is 7.60. The van der Waals surface area contributed by atoms with Crippen molar-refractivity contribution in [1.29, 1.82) is 0 Å². The van der Waals surface area contributed by atoms with E-state index >= 15 is 0 Å². The third-order valence-corrected chi connectivity index (χ3v) is 5.61. The molecule has 0 bridgehead atoms. The summed E-state index contributed by atoms with van der Waals surface area (Å²) in [6.45, 7) is 2.87. The molecule has 2 aromatic heterocycles. The van der Waals surface area contributed by atoms with Crippen molar-refractivity contribution < 1.29 is 13.6 Å². The quantitative estimate of drug-likeness (QED) is 0.666. The molecule has 0 unspecified atom stereocenters. The number of fused-ring (bicyclic) bond motifs is 1. The maximum atomic E-state index is 13.4. The summed E-state index contributed by atoms with van der Waals surface area (Å²) in [6.07, 6.45) is 3.98. The third kappa shape index (κ3) is 2.79. The molecule has 28 heavy (non-hydrogen) atoms. The van der Waals surface area contributed by atoms with E-state index in [-0.39, 0.29) is 17.0 Å². The van der Waals surface area contributed by atoms with Gasteiger partial charge in [-0.3, -0.25) is 4.79 Å². The number of amides is 1. The fourth-order valence-electron chi connectivity index (χ4n) is 3.57. The average molecular weight is 402 g/mol. The summed E-state index contributed by atoms with van der Waals surface area (Å²) in [5.41, 5.74) is 1.30. The molecule has 3 heterocycles. The van der Waals surface area contributed by atoms with Crippen LogP contribution in [-0.2, 0) is 6.54 Å². The van der Waals surface area contributed by atoms with Crippen LogP contribution in [0.2, 0.25) is 5.02 Å². The molecule has 144 valence electrons. The van der Waals surface area contributed by atoms with E-state index in [1.807, 2.05) is 11.5 Å². The van der Waals surface area contributed by atoms with E-state index < -0.39 is 5.82 Å². The summed E-state index contributed by atoms with van der Waals surface area (Å²) in [4.78, 5) is 19.1. The van der Waals surface area contributed by atoms with E-state index in [2.05, 4.69) is 15.2 Å². The van der Waals surface area contributed by atoms with Crippen molar-refractivity contribution in [3.63, 3.8) is 0 Å². The molecule has 1 aliphatic carbocycles. The van der Waals surface area contributed by atoms with Crippen LogP contribution < -0.4 is 0 Å². The minimum atomic E-state index is -0.550. The van der Waals surface area contributed by atoms with Crippen LogP contribution in [0.3, 0.4) is 0 Å². The molecule has 1 saturated carbocycles. The van der Waals surface area contributed by atoms with Crippen molar-refractivity contribution in [3.8, 4) is 11.7 Å². The lowest BCUT2D eigenvalue weighted by molar-refractivity contribution is 0.0638. The first kappa shape index (κ1) is 17.4. The van der Waals surface area contributed by atoms with Gasteiger partial charge in [0.05, 0.1) is 16.8 Å². The Balaban J connectivity index is 1.42. The molecule has 0 N–H and O–H groups in total. The van der Waals surface area contributed by atoms with Gasteiger partial charge in [0.2, 0.25) is 5.82 Å². The summed E-state index contributed by atoms with van der Waals surface area (Å²) in [6, 6.07) is 3.69. The van der Waals surface area contributed by atoms with Crippen LogP contribution in [0, 0.1) is 5.82 Å². The number of hydrogen-bond donors (Lipinski definition) is 0. The van der Waals surface area contributed by atoms with E-state index in [4.69, 9.17) is 16.0 Å². The maximum Gasteiger partial charge on any atom is 0.265 e. The van der Waals surface area contributed by atoms with Crippen LogP contribution in [0.15, 0.2) is 28.9 Å². The van der Waals surface area contributed by atoms with Crippen LogP contribution in [0.1, 0.15) is 53.6 Å². The molecule has 5 rings (SSSR count). The molecule has 9 heteroatoms. The number of carbonyl (C=O) groups excluding carboxylic acids is 1. The van der Waals surface area contributed by atoms with Crippen LogP contribution >= 0.6 is 11.6 Å². The number of rotatable bonds is 3. The SMILES string of the molecule is C[C@@H]1c2nnc(-c3nc(C4CC4)co3)n2CCN1C(=O)c1ccc(F)c(Cl)c1. The topological polar surface area (TPSA) is 77.1 Å². The number of aromatic nitrogens is 4. The van der Waals surface area contributed by atoms with Gasteiger partial charge in [-0.15, -0.1) is 10.2 Å². The molecular weight excluding hydrogens is 385 g/mol. The first-order chi connectivity index (χ1) is 13.5. The minimum absolute atomic E-state index is 0.0728. The van der Waals surface area contributed by atoms with Crippen LogP contribution in [0.25, 0.3) is 11.7 Å². The van der Waals surface area contributed by atoms with Gasteiger partial charge in [0, 0.05) is 24.6 Å². The van der Waals surface area contributed by atoms with Gasteiger partial charge in [0.15, 0.2) is 5.82 Å². The fourth-order valence-corrected chi connectivity index (χ4v) is 3.75. The van der Waals surface area contributed by atoms with Crippen molar-refractivity contribution >= 4 is 17.5 Å². The van der Waals surface area contributed by atoms with Gasteiger partial charge in [-0.25, -0.2) is 9.37 Å². The molecule has 1 atom stereocenters. The zero-order valence-electron chi connectivity index (χ0n) is 15.1. The van der Waals surface area contributed by atoms with E-state index in [1.165, 1.54) is 18.2 Å². The summed E-state index contributed by atoms with van der Waals surface area (Å²) in [7, 11) is 0. The fraction of sp³-hybridized carbons (Fsp3) is 0.368. The average Bonchev–Trinajstić information content (AvgIpc) is 3.25. The van der Waals surface area contributed by atoms with Crippen molar-refractivity contribution in [1.82, 2.24) is 24.6 Å². The predicted molar refractivity (Wildman–Crippen MR) is 98.4 cm³/mol. The molecule has 1 aromatic carbocycles. The van der Waals surface area contributed by atoms with Gasteiger partial charge in [-0.05, 0) is 38.0 Å². The molecule has 2 aliphatic rings. The molecule has 1 fully saturated rings. The Bertz CT molecular complexity index is 1070. The number of benzene rings is 1. The molecular formula is C19H17ClFN5O2. The highest BCUT2D eigenvalue weighted by Gasteiger charge is 2.34. The Kier molecular flexibility index (Phi) is 3.97. The zero-order valence-corrected chi connectivity index (χ0v) is 15.9. The van der Waals surface area contributed by atoms with Gasteiger partial charge in [0.1, 0.15) is 12.1 Å². The van der Waals surface area contributed by atoms with Crippen molar-refractivity contribution in [2.45, 2.75) is 38.3 Å². The van der Waals surface area contributed by atoms with E-state index in [0.29, 0.717) is 42.1 Å². The number of halogens is 2. The van der Waals surface area contributed by atoms with Gasteiger partial charge in [-0.1, -0.05) is 11.6 Å². The Morgan fingerprint density at radius 3 is 2.86 bits per heavy atom. The van der Waals surface area contributed by atoms with E-state index in [0.717, 1.165) is 18.5 Å². The molecule has 0 saturated heterocycles. The summed E-state index contributed by atoms with van der Waals surface area (Å²) >= 11 is 5.82. The van der Waals surface area contributed by atoms with Gasteiger partial charge in [-0.2, -0.15) is 0 Å². The lowest BCUT2D eigenvalue weighted by atomic mass is 10.1. The second kappa shape index (κ2) is 6.41. The van der Waals surface area contributed by atoms with Crippen molar-refractivity contribution in [2.75, 3.05) is 6.54 Å². The third-order valence-electron chi connectivity index (χ3n) is 5.32. The number of carbonyl (C=O) groups is 1. The first-order valence-electron chi connectivity index (χ1n) is 9.18. The van der Waals surface area contributed by atoms with Gasteiger partial charge >= 0.3 is 0 Å². The zero-order chi connectivity index (χ0) is 19.4. The predicted octanol–water partition coefficient (Wildman–Crippen LogP) is 3.82. The molecule has 3 aromatic rings. The molecule has 0 radical (unpaired) electrons. The monoisotopic (exact) mass is 401 g/mol. The Hall–Kier alpha value is -2.74. The smallest absolute Gasteiger partial charge is 0.265 e. The minimum Gasteiger partial charge on any atom is -0.442 e. The van der Waals surface area contributed by atoms with Gasteiger partial charge in [0.25, 0.3) is 11.8 Å². The molecule has 1 amide bonds. The molecule has 0 spiro atoms. The summed E-state index contributed by atoms with van der Waals surface area (Å²) < 4.78 is 21.0. The Morgan fingerprint density at radius 1 is 1.29 bits per heavy atom. The summed E-state index contributed by atoms with van der Waals surface area (Å²) in [5, 5.41) is 8.45. The molecule has 7 nitrogen and oxygen atoms in total. The molecule has 1 aliphatic heterocycles. The van der Waals surface area contributed by atoms with Crippen molar-refractivity contribution in [3.05, 3.63) is 52.4 Å². The number of oxazole rings is 1. The normalized spacial score (nSPS) is 19.0. The Labute approximate surface area is 165 Å². The highest BCUT2D eigenvalue weighted by molar-refractivity contribution is 6.31. The van der Waals surface area contributed by atoms with Crippen LogP contribution in [0.5, 0.6) is 0 Å². The lowest BCUT2D eigenvalue weighted by Gasteiger charge is -2.33. The number of nitrogens with zero attached hydrogens (tertiary/aromatic N) is 5. The van der Waals surface area contributed by atoms with Crippen molar-refractivity contribution in [2.24, 2.45) is 0 Å².